The Hall–Kier alpha value is -0.640. The zero-order valence-electron chi connectivity index (χ0n) is 11.5. The molecular weight excluding hydrogens is 359 g/mol. The summed E-state index contributed by atoms with van der Waals surface area (Å²) in [5.41, 5.74) is 1.64. The van der Waals surface area contributed by atoms with E-state index < -0.39 is 0 Å². The van der Waals surface area contributed by atoms with Crippen LogP contribution in [0.5, 0.6) is 0 Å². The number of hydrogen-bond donors (Lipinski definition) is 0. The second-order valence-corrected chi connectivity index (χ2v) is 7.38. The van der Waals surface area contributed by atoms with Crippen LogP contribution in [0.25, 0.3) is 11.1 Å². The second kappa shape index (κ2) is 6.00. The molecule has 0 N–H and O–H groups in total. The first kappa shape index (κ1) is 15.7. The third-order valence-electron chi connectivity index (χ3n) is 2.70. The van der Waals surface area contributed by atoms with Gasteiger partial charge >= 0.3 is 0 Å². The first-order valence-electron chi connectivity index (χ1n) is 6.25. The standard InChI is InChI=1S/C15H15BrCl2N2/c1-15(2,3)8-11-19-13(17)12(14(18)20-11)9-6-4-5-7-10(9)16/h4-7H,8H2,1-3H3. The quantitative estimate of drug-likeness (QED) is 0.621. The lowest BCUT2D eigenvalue weighted by molar-refractivity contribution is 0.400. The summed E-state index contributed by atoms with van der Waals surface area (Å²) in [6.07, 6.45) is 0.725. The summed E-state index contributed by atoms with van der Waals surface area (Å²) in [6.45, 7) is 6.37. The summed E-state index contributed by atoms with van der Waals surface area (Å²) in [7, 11) is 0. The Morgan fingerprint density at radius 3 is 2.10 bits per heavy atom. The van der Waals surface area contributed by atoms with Crippen LogP contribution in [0.1, 0.15) is 26.6 Å². The van der Waals surface area contributed by atoms with Crippen LogP contribution in [0.3, 0.4) is 0 Å². The highest BCUT2D eigenvalue weighted by atomic mass is 79.9. The smallest absolute Gasteiger partial charge is 0.142 e. The summed E-state index contributed by atoms with van der Waals surface area (Å²) in [6, 6.07) is 7.73. The number of halogens is 3. The van der Waals surface area contributed by atoms with Gasteiger partial charge in [-0.05, 0) is 11.5 Å². The van der Waals surface area contributed by atoms with Gasteiger partial charge in [-0.25, -0.2) is 9.97 Å². The van der Waals surface area contributed by atoms with Crippen LogP contribution >= 0.6 is 39.1 Å². The van der Waals surface area contributed by atoms with Crippen LogP contribution in [0.4, 0.5) is 0 Å². The minimum Gasteiger partial charge on any atom is -0.220 e. The average Bonchev–Trinajstić information content (AvgIpc) is 2.28. The van der Waals surface area contributed by atoms with Crippen LogP contribution in [-0.2, 0) is 6.42 Å². The lowest BCUT2D eigenvalue weighted by Crippen LogP contribution is -2.12. The van der Waals surface area contributed by atoms with E-state index in [1.54, 1.807) is 0 Å². The zero-order chi connectivity index (χ0) is 14.9. The number of hydrogen-bond acceptors (Lipinski definition) is 2. The molecule has 0 atom stereocenters. The fourth-order valence-electron chi connectivity index (χ4n) is 1.89. The van der Waals surface area contributed by atoms with Gasteiger partial charge in [0.15, 0.2) is 0 Å². The van der Waals surface area contributed by atoms with E-state index in [4.69, 9.17) is 23.2 Å². The van der Waals surface area contributed by atoms with Gasteiger partial charge in [-0.1, -0.05) is 78.1 Å². The van der Waals surface area contributed by atoms with E-state index in [1.807, 2.05) is 24.3 Å². The van der Waals surface area contributed by atoms with Gasteiger partial charge in [-0.15, -0.1) is 0 Å². The van der Waals surface area contributed by atoms with Gasteiger partial charge in [-0.3, -0.25) is 0 Å². The molecule has 0 spiro atoms. The van der Waals surface area contributed by atoms with Crippen molar-refractivity contribution < 1.29 is 0 Å². The van der Waals surface area contributed by atoms with Gasteiger partial charge in [0.05, 0.1) is 5.56 Å². The predicted octanol–water partition coefficient (Wildman–Crippen LogP) is 5.80. The van der Waals surface area contributed by atoms with Crippen LogP contribution in [0.15, 0.2) is 28.7 Å². The normalized spacial score (nSPS) is 11.7. The van der Waals surface area contributed by atoms with Crippen LogP contribution in [0, 0.1) is 5.41 Å². The Kier molecular flexibility index (Phi) is 4.73. The summed E-state index contributed by atoms with van der Waals surface area (Å²) < 4.78 is 0.913. The molecule has 1 aromatic carbocycles. The summed E-state index contributed by atoms with van der Waals surface area (Å²) >= 11 is 16.1. The molecule has 0 bridgehead atoms. The van der Waals surface area contributed by atoms with Crippen molar-refractivity contribution in [2.24, 2.45) is 5.41 Å². The van der Waals surface area contributed by atoms with Gasteiger partial charge in [0, 0.05) is 16.5 Å². The van der Waals surface area contributed by atoms with Gasteiger partial charge in [0.2, 0.25) is 0 Å². The highest BCUT2D eigenvalue weighted by Gasteiger charge is 2.19. The maximum absolute atomic E-state index is 6.31. The van der Waals surface area contributed by atoms with Crippen molar-refractivity contribution in [2.45, 2.75) is 27.2 Å². The molecule has 2 aromatic rings. The molecule has 0 radical (unpaired) electrons. The molecule has 5 heteroatoms. The molecule has 2 rings (SSSR count). The molecule has 0 unspecified atom stereocenters. The highest BCUT2D eigenvalue weighted by molar-refractivity contribution is 9.10. The Labute approximate surface area is 137 Å². The van der Waals surface area contributed by atoms with Crippen LogP contribution < -0.4 is 0 Å². The fourth-order valence-corrected chi connectivity index (χ4v) is 3.00. The third kappa shape index (κ3) is 3.72. The van der Waals surface area contributed by atoms with Crippen molar-refractivity contribution >= 4 is 39.1 Å². The predicted molar refractivity (Wildman–Crippen MR) is 88.3 cm³/mol. The summed E-state index contributed by atoms with van der Waals surface area (Å²) in [5.74, 6) is 0.670. The third-order valence-corrected chi connectivity index (χ3v) is 3.94. The van der Waals surface area contributed by atoms with Gasteiger partial charge < -0.3 is 0 Å². The molecule has 0 amide bonds. The molecule has 2 nitrogen and oxygen atoms in total. The lowest BCUT2D eigenvalue weighted by atomic mass is 9.92. The molecule has 0 fully saturated rings. The van der Waals surface area contributed by atoms with Crippen LogP contribution in [0.2, 0.25) is 10.3 Å². The number of nitrogens with zero attached hydrogens (tertiary/aromatic N) is 2. The number of rotatable bonds is 2. The van der Waals surface area contributed by atoms with Crippen molar-refractivity contribution in [3.63, 3.8) is 0 Å². The molecule has 0 aliphatic carbocycles. The number of aromatic nitrogens is 2. The largest absolute Gasteiger partial charge is 0.220 e. The molecule has 106 valence electrons. The topological polar surface area (TPSA) is 25.8 Å². The van der Waals surface area contributed by atoms with E-state index in [0.717, 1.165) is 16.5 Å². The molecule has 0 aliphatic rings. The minimum atomic E-state index is 0.0848. The average molecular weight is 374 g/mol. The molecule has 1 aromatic heterocycles. The van der Waals surface area contributed by atoms with E-state index >= 15 is 0 Å². The Balaban J connectivity index is 2.50. The lowest BCUT2D eigenvalue weighted by Gasteiger charge is -2.17. The van der Waals surface area contributed by atoms with E-state index in [1.165, 1.54) is 0 Å². The van der Waals surface area contributed by atoms with Crippen LogP contribution in [-0.4, -0.2) is 9.97 Å². The number of benzene rings is 1. The Morgan fingerprint density at radius 1 is 1.05 bits per heavy atom. The molecule has 20 heavy (non-hydrogen) atoms. The van der Waals surface area contributed by atoms with Crippen molar-refractivity contribution in [3.8, 4) is 11.1 Å². The van der Waals surface area contributed by atoms with Gasteiger partial charge in [-0.2, -0.15) is 0 Å². The minimum absolute atomic E-state index is 0.0848. The van der Waals surface area contributed by atoms with E-state index in [-0.39, 0.29) is 5.41 Å². The highest BCUT2D eigenvalue weighted by Crippen LogP contribution is 2.37. The first-order valence-corrected chi connectivity index (χ1v) is 7.79. The second-order valence-electron chi connectivity index (χ2n) is 5.81. The SMILES string of the molecule is CC(C)(C)Cc1nc(Cl)c(-c2ccccc2Br)c(Cl)n1. The zero-order valence-corrected chi connectivity index (χ0v) is 14.6. The molecule has 0 saturated heterocycles. The summed E-state index contributed by atoms with van der Waals surface area (Å²) in [5, 5.41) is 0.771. The fraction of sp³-hybridized carbons (Fsp3) is 0.333. The molecule has 0 aliphatic heterocycles. The van der Waals surface area contributed by atoms with Crippen molar-refractivity contribution in [1.29, 1.82) is 0 Å². The Bertz CT molecular complexity index is 613. The van der Waals surface area contributed by atoms with Gasteiger partial charge in [0.25, 0.3) is 0 Å². The maximum Gasteiger partial charge on any atom is 0.142 e. The van der Waals surface area contributed by atoms with Crippen molar-refractivity contribution in [1.82, 2.24) is 9.97 Å². The molecule has 0 saturated carbocycles. The maximum atomic E-state index is 6.31. The first-order chi connectivity index (χ1) is 9.28. The van der Waals surface area contributed by atoms with Gasteiger partial charge in [0.1, 0.15) is 16.1 Å². The molecule has 1 heterocycles. The van der Waals surface area contributed by atoms with E-state index in [2.05, 4.69) is 46.7 Å². The van der Waals surface area contributed by atoms with E-state index in [0.29, 0.717) is 21.7 Å². The van der Waals surface area contributed by atoms with E-state index in [9.17, 15) is 0 Å². The summed E-state index contributed by atoms with van der Waals surface area (Å²) in [4.78, 5) is 8.77. The monoisotopic (exact) mass is 372 g/mol. The van der Waals surface area contributed by atoms with Crippen molar-refractivity contribution in [2.75, 3.05) is 0 Å². The Morgan fingerprint density at radius 2 is 1.60 bits per heavy atom. The molecular formula is C15H15BrCl2N2. The van der Waals surface area contributed by atoms with Crippen molar-refractivity contribution in [3.05, 3.63) is 44.9 Å².